The lowest BCUT2D eigenvalue weighted by molar-refractivity contribution is -0.654. The molecule has 0 radical (unpaired) electrons. The number of benzene rings is 1. The summed E-state index contributed by atoms with van der Waals surface area (Å²) in [4.78, 5) is 4.45. The lowest BCUT2D eigenvalue weighted by Crippen LogP contribution is -2.86. The molecular formula is C15H20N3O2S+. The third kappa shape index (κ3) is 2.66. The average Bonchev–Trinajstić information content (AvgIpc) is 2.71. The number of fused-ring (bicyclic) bond motifs is 1. The van der Waals surface area contributed by atoms with E-state index in [1.807, 2.05) is 13.0 Å². The number of sulfonamides is 1. The molecule has 0 bridgehead atoms. The molecule has 0 saturated carbocycles. The summed E-state index contributed by atoms with van der Waals surface area (Å²) in [6.07, 6.45) is 4.23. The third-order valence-electron chi connectivity index (χ3n) is 4.01. The number of hydrogen-bond donors (Lipinski definition) is 1. The molecule has 1 aromatic heterocycles. The molecule has 2 aromatic rings. The van der Waals surface area contributed by atoms with Crippen LogP contribution < -0.4 is 5.32 Å². The van der Waals surface area contributed by atoms with Crippen LogP contribution in [0.2, 0.25) is 0 Å². The SMILES string of the molecule is C[C@@H]1C[NH2+]CCCN1S(=O)(=O)c1cccc2cnccc12. The van der Waals surface area contributed by atoms with Crippen LogP contribution in [-0.2, 0) is 10.0 Å². The summed E-state index contributed by atoms with van der Waals surface area (Å²) in [7, 11) is -3.48. The molecule has 0 amide bonds. The molecule has 2 heterocycles. The quantitative estimate of drug-likeness (QED) is 0.882. The lowest BCUT2D eigenvalue weighted by Gasteiger charge is -2.25. The van der Waals surface area contributed by atoms with E-state index in [1.165, 1.54) is 0 Å². The van der Waals surface area contributed by atoms with E-state index in [2.05, 4.69) is 10.3 Å². The predicted molar refractivity (Wildman–Crippen MR) is 81.4 cm³/mol. The van der Waals surface area contributed by atoms with E-state index in [-0.39, 0.29) is 6.04 Å². The summed E-state index contributed by atoms with van der Waals surface area (Å²) in [6.45, 7) is 4.36. The van der Waals surface area contributed by atoms with Crippen LogP contribution in [0, 0.1) is 0 Å². The van der Waals surface area contributed by atoms with E-state index in [4.69, 9.17) is 0 Å². The Labute approximate surface area is 125 Å². The predicted octanol–water partition coefficient (Wildman–Crippen LogP) is 0.581. The van der Waals surface area contributed by atoms with Gasteiger partial charge >= 0.3 is 0 Å². The maximum Gasteiger partial charge on any atom is 0.244 e. The smallest absolute Gasteiger partial charge is 0.244 e. The molecule has 1 atom stereocenters. The van der Waals surface area contributed by atoms with E-state index >= 15 is 0 Å². The van der Waals surface area contributed by atoms with Crippen LogP contribution in [0.15, 0.2) is 41.6 Å². The van der Waals surface area contributed by atoms with Crippen LogP contribution in [-0.4, -0.2) is 43.4 Å². The molecule has 1 aliphatic rings. The van der Waals surface area contributed by atoms with Gasteiger partial charge in [-0.2, -0.15) is 4.31 Å². The van der Waals surface area contributed by atoms with Crippen LogP contribution in [0.1, 0.15) is 13.3 Å². The Morgan fingerprint density at radius 3 is 3.05 bits per heavy atom. The third-order valence-corrected chi connectivity index (χ3v) is 6.09. The van der Waals surface area contributed by atoms with Gasteiger partial charge in [-0.15, -0.1) is 0 Å². The Balaban J connectivity index is 2.11. The fraction of sp³-hybridized carbons (Fsp3) is 0.400. The van der Waals surface area contributed by atoms with Gasteiger partial charge in [0.25, 0.3) is 0 Å². The van der Waals surface area contributed by atoms with Gasteiger partial charge in [0.1, 0.15) is 0 Å². The first-order chi connectivity index (χ1) is 10.1. The summed E-state index contributed by atoms with van der Waals surface area (Å²) in [5.74, 6) is 0. The minimum Gasteiger partial charge on any atom is -0.345 e. The van der Waals surface area contributed by atoms with Gasteiger partial charge in [0.05, 0.1) is 24.0 Å². The second-order valence-electron chi connectivity index (χ2n) is 5.48. The molecule has 6 heteroatoms. The normalized spacial score (nSPS) is 21.3. The van der Waals surface area contributed by atoms with E-state index in [9.17, 15) is 8.42 Å². The highest BCUT2D eigenvalue weighted by molar-refractivity contribution is 7.89. The zero-order chi connectivity index (χ0) is 14.9. The first-order valence-electron chi connectivity index (χ1n) is 7.27. The highest BCUT2D eigenvalue weighted by atomic mass is 32.2. The van der Waals surface area contributed by atoms with E-state index in [0.717, 1.165) is 30.3 Å². The van der Waals surface area contributed by atoms with Crippen LogP contribution in [0.3, 0.4) is 0 Å². The monoisotopic (exact) mass is 306 g/mol. The molecule has 1 saturated heterocycles. The van der Waals surface area contributed by atoms with Gasteiger partial charge in [-0.25, -0.2) is 8.42 Å². The van der Waals surface area contributed by atoms with Crippen LogP contribution in [0.5, 0.6) is 0 Å². The minimum absolute atomic E-state index is 0.00888. The molecule has 112 valence electrons. The van der Waals surface area contributed by atoms with Crippen molar-refractivity contribution in [2.45, 2.75) is 24.3 Å². The molecule has 21 heavy (non-hydrogen) atoms. The highest BCUT2D eigenvalue weighted by Gasteiger charge is 2.32. The number of nitrogens with zero attached hydrogens (tertiary/aromatic N) is 2. The first-order valence-corrected chi connectivity index (χ1v) is 8.71. The number of hydrogen-bond acceptors (Lipinski definition) is 3. The number of rotatable bonds is 2. The summed E-state index contributed by atoms with van der Waals surface area (Å²) >= 11 is 0. The van der Waals surface area contributed by atoms with Crippen molar-refractivity contribution in [3.8, 4) is 0 Å². The fourth-order valence-electron chi connectivity index (χ4n) is 2.89. The van der Waals surface area contributed by atoms with Crippen molar-refractivity contribution in [1.29, 1.82) is 0 Å². The van der Waals surface area contributed by atoms with Gasteiger partial charge in [0.2, 0.25) is 10.0 Å². The fourth-order valence-corrected chi connectivity index (χ4v) is 4.79. The van der Waals surface area contributed by atoms with E-state index < -0.39 is 10.0 Å². The second-order valence-corrected chi connectivity index (χ2v) is 7.34. The van der Waals surface area contributed by atoms with Gasteiger partial charge < -0.3 is 5.32 Å². The Morgan fingerprint density at radius 1 is 1.33 bits per heavy atom. The van der Waals surface area contributed by atoms with Crippen molar-refractivity contribution in [1.82, 2.24) is 9.29 Å². The van der Waals surface area contributed by atoms with E-state index in [0.29, 0.717) is 11.4 Å². The van der Waals surface area contributed by atoms with Crippen LogP contribution >= 0.6 is 0 Å². The van der Waals surface area contributed by atoms with Crippen LogP contribution in [0.25, 0.3) is 10.8 Å². The zero-order valence-electron chi connectivity index (χ0n) is 12.1. The Kier molecular flexibility index (Phi) is 3.93. The van der Waals surface area contributed by atoms with Crippen molar-refractivity contribution in [2.75, 3.05) is 19.6 Å². The van der Waals surface area contributed by atoms with Crippen molar-refractivity contribution in [3.05, 3.63) is 36.7 Å². The van der Waals surface area contributed by atoms with Crippen molar-refractivity contribution >= 4 is 20.8 Å². The van der Waals surface area contributed by atoms with Gasteiger partial charge in [-0.1, -0.05) is 12.1 Å². The van der Waals surface area contributed by atoms with E-state index in [1.54, 1.807) is 34.9 Å². The standard InChI is InChI=1S/C15H19N3O2S/c1-12-10-16-7-3-9-18(12)21(19,20)15-5-2-4-13-11-17-8-6-14(13)15/h2,4-6,8,11-12,16H,3,7,9-10H2,1H3/p+1/t12-/m1/s1. The maximum absolute atomic E-state index is 13.1. The molecule has 0 spiro atoms. The summed E-state index contributed by atoms with van der Waals surface area (Å²) in [5, 5.41) is 3.79. The Bertz CT molecular complexity index is 740. The Morgan fingerprint density at radius 2 is 2.19 bits per heavy atom. The number of pyridine rings is 1. The van der Waals surface area contributed by atoms with Crippen LogP contribution in [0.4, 0.5) is 0 Å². The van der Waals surface area contributed by atoms with Gasteiger partial charge in [-0.3, -0.25) is 4.98 Å². The average molecular weight is 306 g/mol. The first kappa shape index (κ1) is 14.4. The molecule has 0 unspecified atom stereocenters. The van der Waals surface area contributed by atoms with Crippen molar-refractivity contribution < 1.29 is 13.7 Å². The summed E-state index contributed by atoms with van der Waals surface area (Å²) in [6, 6.07) is 7.15. The maximum atomic E-state index is 13.1. The molecular weight excluding hydrogens is 286 g/mol. The highest BCUT2D eigenvalue weighted by Crippen LogP contribution is 2.26. The second kappa shape index (κ2) is 5.71. The number of aromatic nitrogens is 1. The van der Waals surface area contributed by atoms with Crippen molar-refractivity contribution in [3.63, 3.8) is 0 Å². The van der Waals surface area contributed by atoms with Gasteiger partial charge in [0.15, 0.2) is 0 Å². The van der Waals surface area contributed by atoms with Gasteiger partial charge in [-0.05, 0) is 19.1 Å². The summed E-state index contributed by atoms with van der Waals surface area (Å²) < 4.78 is 27.8. The largest absolute Gasteiger partial charge is 0.345 e. The molecule has 5 nitrogen and oxygen atoms in total. The lowest BCUT2D eigenvalue weighted by atomic mass is 10.2. The molecule has 2 N–H and O–H groups in total. The topological polar surface area (TPSA) is 66.9 Å². The van der Waals surface area contributed by atoms with Crippen molar-refractivity contribution in [2.24, 2.45) is 0 Å². The molecule has 3 rings (SSSR count). The molecule has 0 aliphatic carbocycles. The Hall–Kier alpha value is -1.50. The zero-order valence-corrected chi connectivity index (χ0v) is 12.9. The molecule has 1 aliphatic heterocycles. The van der Waals surface area contributed by atoms with Gasteiger partial charge in [0, 0.05) is 36.1 Å². The molecule has 1 aromatic carbocycles. The number of quaternary nitrogens is 1. The number of nitrogens with two attached hydrogens (primary N) is 1. The summed E-state index contributed by atoms with van der Waals surface area (Å²) in [5.41, 5.74) is 0. The minimum atomic E-state index is -3.48. The molecule has 1 fully saturated rings.